The topological polar surface area (TPSA) is 100 Å². The molecule has 8 nitrogen and oxygen atoms in total. The zero-order valence-electron chi connectivity index (χ0n) is 17.8. The van der Waals surface area contributed by atoms with Crippen molar-refractivity contribution < 1.29 is 24.2 Å². The van der Waals surface area contributed by atoms with Crippen molar-refractivity contribution in [1.29, 1.82) is 0 Å². The van der Waals surface area contributed by atoms with Crippen molar-refractivity contribution in [1.82, 2.24) is 15.5 Å². The van der Waals surface area contributed by atoms with Gasteiger partial charge < -0.3 is 25.2 Å². The molecule has 0 saturated heterocycles. The molecule has 0 aliphatic rings. The quantitative estimate of drug-likeness (QED) is 0.443. The monoisotopic (exact) mass is 387 g/mol. The predicted octanol–water partition coefficient (Wildman–Crippen LogP) is 2.55. The van der Waals surface area contributed by atoms with Gasteiger partial charge in [-0.25, -0.2) is 9.59 Å². The number of carboxylic acids is 1. The first-order valence-electron chi connectivity index (χ1n) is 9.39. The zero-order chi connectivity index (χ0) is 21.2. The second kappa shape index (κ2) is 11.8. The van der Waals surface area contributed by atoms with Crippen LogP contribution in [0.4, 0.5) is 4.79 Å². The van der Waals surface area contributed by atoms with E-state index in [1.54, 1.807) is 27.9 Å². The number of hydrogen-bond donors (Lipinski definition) is 3. The van der Waals surface area contributed by atoms with Crippen LogP contribution in [0.5, 0.6) is 0 Å². The summed E-state index contributed by atoms with van der Waals surface area (Å²) in [5, 5.41) is 15.3. The molecule has 0 aromatic heterocycles. The molecule has 27 heavy (non-hydrogen) atoms. The van der Waals surface area contributed by atoms with Crippen molar-refractivity contribution in [2.75, 3.05) is 20.2 Å². The van der Waals surface area contributed by atoms with Gasteiger partial charge in [0.1, 0.15) is 11.6 Å². The molecule has 0 bridgehead atoms. The summed E-state index contributed by atoms with van der Waals surface area (Å²) < 4.78 is 10.4. The van der Waals surface area contributed by atoms with E-state index in [9.17, 15) is 14.7 Å². The third-order valence-electron chi connectivity index (χ3n) is 3.94. The van der Waals surface area contributed by atoms with Crippen molar-refractivity contribution >= 4 is 12.1 Å². The summed E-state index contributed by atoms with van der Waals surface area (Å²) in [5.74, 6) is -1.11. The number of nitrogens with zero attached hydrogens (tertiary/aromatic N) is 1. The molecule has 1 unspecified atom stereocenters. The number of carbonyl (C=O) groups excluding carboxylic acids is 1. The maximum atomic E-state index is 12.0. The molecule has 3 atom stereocenters. The number of alkyl carbamates (subject to hydrolysis) is 1. The fourth-order valence-electron chi connectivity index (χ4n) is 2.46. The Morgan fingerprint density at radius 3 is 2.22 bits per heavy atom. The van der Waals surface area contributed by atoms with E-state index in [2.05, 4.69) is 17.2 Å². The number of amides is 1. The largest absolute Gasteiger partial charge is 0.480 e. The van der Waals surface area contributed by atoms with Crippen LogP contribution in [-0.4, -0.2) is 66.2 Å². The average molecular weight is 388 g/mol. The van der Waals surface area contributed by atoms with Crippen LogP contribution in [-0.2, 0) is 14.3 Å². The second-order valence-electron chi connectivity index (χ2n) is 7.50. The summed E-state index contributed by atoms with van der Waals surface area (Å²) in [6.07, 6.45) is 0.525. The lowest BCUT2D eigenvalue weighted by Gasteiger charge is -2.35. The van der Waals surface area contributed by atoms with E-state index in [0.717, 1.165) is 18.5 Å². The summed E-state index contributed by atoms with van der Waals surface area (Å²) in [7, 11) is 1.60. The van der Waals surface area contributed by atoms with E-state index in [4.69, 9.17) is 9.47 Å². The van der Waals surface area contributed by atoms with Gasteiger partial charge in [-0.3, -0.25) is 4.90 Å². The first kappa shape index (κ1) is 25.2. The van der Waals surface area contributed by atoms with Gasteiger partial charge in [0.15, 0.2) is 0 Å². The molecule has 0 aliphatic heterocycles. The van der Waals surface area contributed by atoms with Crippen molar-refractivity contribution in [3.8, 4) is 0 Å². The molecular weight excluding hydrogens is 350 g/mol. The molecule has 1 amide bonds. The molecule has 0 fully saturated rings. The molecule has 0 saturated carbocycles. The zero-order valence-corrected chi connectivity index (χ0v) is 17.8. The summed E-state index contributed by atoms with van der Waals surface area (Å²) in [6.45, 7) is 15.9. The summed E-state index contributed by atoms with van der Waals surface area (Å²) in [6, 6.07) is -1.09. The Morgan fingerprint density at radius 2 is 1.81 bits per heavy atom. The van der Waals surface area contributed by atoms with Crippen LogP contribution in [0.2, 0.25) is 0 Å². The third kappa shape index (κ3) is 10.2. The lowest BCUT2D eigenvalue weighted by molar-refractivity contribution is -0.140. The molecule has 158 valence electrons. The first-order valence-corrected chi connectivity index (χ1v) is 9.39. The molecule has 0 heterocycles. The number of carbonyl (C=O) groups is 2. The Bertz CT molecular complexity index is 490. The van der Waals surface area contributed by atoms with Gasteiger partial charge >= 0.3 is 12.1 Å². The Morgan fingerprint density at radius 1 is 1.22 bits per heavy atom. The van der Waals surface area contributed by atoms with Crippen LogP contribution in [0.3, 0.4) is 0 Å². The fourth-order valence-corrected chi connectivity index (χ4v) is 2.46. The highest BCUT2D eigenvalue weighted by Gasteiger charge is 2.28. The smallest absolute Gasteiger partial charge is 0.408 e. The van der Waals surface area contributed by atoms with Crippen molar-refractivity contribution in [3.63, 3.8) is 0 Å². The molecule has 0 aromatic carbocycles. The van der Waals surface area contributed by atoms with Gasteiger partial charge in [0, 0.05) is 19.4 Å². The van der Waals surface area contributed by atoms with E-state index in [1.807, 2.05) is 25.7 Å². The second-order valence-corrected chi connectivity index (χ2v) is 7.50. The van der Waals surface area contributed by atoms with Crippen molar-refractivity contribution in [3.05, 3.63) is 12.3 Å². The van der Waals surface area contributed by atoms with Gasteiger partial charge in [-0.05, 0) is 47.1 Å². The Balaban J connectivity index is 5.18. The fraction of sp³-hybridized carbons (Fsp3) is 0.789. The lowest BCUT2D eigenvalue weighted by atomic mass is 10.2. The Kier molecular flexibility index (Phi) is 11.0. The SMILES string of the molecule is C=C(NC(CC)N(CCC)C[C@H](NC(=O)OC(C)(C)C)C(=O)O)[C@H](C)OC. The average Bonchev–Trinajstić information content (AvgIpc) is 2.55. The number of nitrogens with one attached hydrogen (secondary N) is 2. The van der Waals surface area contributed by atoms with Crippen LogP contribution >= 0.6 is 0 Å². The number of rotatable bonds is 12. The number of methoxy groups -OCH3 is 1. The van der Waals surface area contributed by atoms with Gasteiger partial charge in [-0.15, -0.1) is 0 Å². The Hall–Kier alpha value is -1.80. The summed E-state index contributed by atoms with van der Waals surface area (Å²) in [5.41, 5.74) is 0.0232. The van der Waals surface area contributed by atoms with Crippen LogP contribution in [0.25, 0.3) is 0 Å². The van der Waals surface area contributed by atoms with Crippen LogP contribution in [0.1, 0.15) is 54.4 Å². The maximum absolute atomic E-state index is 12.0. The number of hydrogen-bond acceptors (Lipinski definition) is 6. The molecular formula is C19H37N3O5. The van der Waals surface area contributed by atoms with Crippen LogP contribution < -0.4 is 10.6 Å². The lowest BCUT2D eigenvalue weighted by Crippen LogP contribution is -2.55. The molecule has 0 spiro atoms. The predicted molar refractivity (Wildman–Crippen MR) is 105 cm³/mol. The normalized spacial score (nSPS) is 15.0. The van der Waals surface area contributed by atoms with Gasteiger partial charge in [0.2, 0.25) is 0 Å². The molecule has 3 N–H and O–H groups in total. The van der Waals surface area contributed by atoms with Crippen molar-refractivity contribution in [2.24, 2.45) is 0 Å². The first-order chi connectivity index (χ1) is 12.4. The summed E-state index contributed by atoms with van der Waals surface area (Å²) in [4.78, 5) is 25.7. The minimum Gasteiger partial charge on any atom is -0.480 e. The highest BCUT2D eigenvalue weighted by atomic mass is 16.6. The highest BCUT2D eigenvalue weighted by Crippen LogP contribution is 2.10. The van der Waals surface area contributed by atoms with Gasteiger partial charge in [-0.2, -0.15) is 0 Å². The Labute approximate surface area is 163 Å². The molecule has 0 rings (SSSR count). The number of ether oxygens (including phenoxy) is 2. The maximum Gasteiger partial charge on any atom is 0.408 e. The molecule has 0 radical (unpaired) electrons. The highest BCUT2D eigenvalue weighted by molar-refractivity contribution is 5.80. The number of aliphatic carboxylic acids is 1. The molecule has 0 aromatic rings. The molecule has 8 heteroatoms. The third-order valence-corrected chi connectivity index (χ3v) is 3.94. The minimum atomic E-state index is -1.11. The van der Waals surface area contributed by atoms with Crippen molar-refractivity contribution in [2.45, 2.75) is 78.3 Å². The molecule has 0 aliphatic carbocycles. The van der Waals surface area contributed by atoms with Crippen LogP contribution in [0, 0.1) is 0 Å². The van der Waals surface area contributed by atoms with Gasteiger partial charge in [-0.1, -0.05) is 20.4 Å². The van der Waals surface area contributed by atoms with E-state index < -0.39 is 23.7 Å². The van der Waals surface area contributed by atoms with E-state index in [0.29, 0.717) is 6.54 Å². The van der Waals surface area contributed by atoms with E-state index in [1.165, 1.54) is 0 Å². The van der Waals surface area contributed by atoms with E-state index in [-0.39, 0.29) is 18.8 Å². The van der Waals surface area contributed by atoms with Crippen LogP contribution in [0.15, 0.2) is 12.3 Å². The van der Waals surface area contributed by atoms with Gasteiger partial charge in [0.25, 0.3) is 0 Å². The standard InChI is InChI=1S/C19H37N3O5/c1-9-11-22(16(10-2)20-13(3)14(4)26-8)12-15(17(23)24)21-18(25)27-19(5,6)7/h14-16,20H,3,9-12H2,1-2,4-8H3,(H,21,25)(H,23,24)/t14-,15-,16?/m0/s1. The van der Waals surface area contributed by atoms with Gasteiger partial charge in [0.05, 0.1) is 12.3 Å². The number of carboxylic acid groups (broad SMARTS) is 1. The minimum absolute atomic E-state index is 0.127. The van der Waals surface area contributed by atoms with E-state index >= 15 is 0 Å². The summed E-state index contributed by atoms with van der Waals surface area (Å²) >= 11 is 0.